The number of amides is 3. The predicted octanol–water partition coefficient (Wildman–Crippen LogP) is 4.32. The lowest BCUT2D eigenvalue weighted by atomic mass is 9.85. The fraction of sp³-hybridized carbons (Fsp3) is 0.500. The van der Waals surface area contributed by atoms with Crippen LogP contribution in [0.1, 0.15) is 44.9 Å². The molecule has 60 heavy (non-hydrogen) atoms. The molecule has 0 spiro atoms. The van der Waals surface area contributed by atoms with Crippen molar-refractivity contribution in [3.63, 3.8) is 0 Å². The van der Waals surface area contributed by atoms with Crippen LogP contribution in [0.5, 0.6) is 0 Å². The van der Waals surface area contributed by atoms with Gasteiger partial charge in [0.1, 0.15) is 24.5 Å². The van der Waals surface area contributed by atoms with E-state index >= 15 is 0 Å². The molecule has 0 bridgehead atoms. The number of para-hydroxylation sites is 2. The SMILES string of the molecule is Cc1ncsc1-c1ccc(CNC(=O)C2CCCN2C(=O)C(NC(=O)COCCOCCOCCN2CCN(c3ccn4c(n3)nc3ccccc34)CC2)C(C)(C)C)cc1. The van der Waals surface area contributed by atoms with Crippen molar-refractivity contribution in [2.75, 3.05) is 83.8 Å². The third kappa shape index (κ3) is 10.8. The zero-order valence-corrected chi connectivity index (χ0v) is 35.9. The fourth-order valence-electron chi connectivity index (χ4n) is 7.69. The van der Waals surface area contributed by atoms with Gasteiger partial charge in [-0.2, -0.15) is 4.98 Å². The maximum atomic E-state index is 13.9. The number of carbonyl (C=O) groups is 3. The van der Waals surface area contributed by atoms with Gasteiger partial charge in [0.15, 0.2) is 0 Å². The van der Waals surface area contributed by atoms with Gasteiger partial charge in [-0.25, -0.2) is 9.97 Å². The molecule has 2 fully saturated rings. The molecular formula is C44H57N9O6S. The number of rotatable bonds is 18. The molecule has 15 nitrogen and oxygen atoms in total. The minimum Gasteiger partial charge on any atom is -0.378 e. The Morgan fingerprint density at radius 2 is 1.62 bits per heavy atom. The number of carbonyl (C=O) groups excluding carboxylic acids is 3. The van der Waals surface area contributed by atoms with Crippen molar-refractivity contribution < 1.29 is 28.6 Å². The summed E-state index contributed by atoms with van der Waals surface area (Å²) in [5.74, 6) is 0.811. The highest BCUT2D eigenvalue weighted by Gasteiger charge is 2.41. The number of fused-ring (bicyclic) bond motifs is 3. The highest BCUT2D eigenvalue weighted by molar-refractivity contribution is 7.13. The number of hydrogen-bond donors (Lipinski definition) is 2. The number of anilines is 1. The first kappa shape index (κ1) is 43.1. The second kappa shape index (κ2) is 20.0. The Morgan fingerprint density at radius 3 is 2.35 bits per heavy atom. The molecule has 2 N–H and O–H groups in total. The van der Waals surface area contributed by atoms with Crippen LogP contribution in [-0.2, 0) is 35.1 Å². The van der Waals surface area contributed by atoms with Crippen molar-refractivity contribution in [2.24, 2.45) is 5.41 Å². The Balaban J connectivity index is 0.744. The molecule has 7 rings (SSSR count). The predicted molar refractivity (Wildman–Crippen MR) is 232 cm³/mol. The van der Waals surface area contributed by atoms with Crippen molar-refractivity contribution in [1.82, 2.24) is 39.8 Å². The molecule has 3 amide bonds. The lowest BCUT2D eigenvalue weighted by Gasteiger charge is -2.35. The number of aryl methyl sites for hydroxylation is 1. The van der Waals surface area contributed by atoms with Crippen LogP contribution in [0.15, 0.2) is 66.3 Å². The van der Waals surface area contributed by atoms with Gasteiger partial charge in [-0.1, -0.05) is 57.2 Å². The van der Waals surface area contributed by atoms with Crippen LogP contribution in [0.2, 0.25) is 0 Å². The second-order valence-corrected chi connectivity index (χ2v) is 17.3. The zero-order valence-electron chi connectivity index (χ0n) is 35.1. The van der Waals surface area contributed by atoms with E-state index in [1.54, 1.807) is 16.2 Å². The number of benzene rings is 2. The summed E-state index contributed by atoms with van der Waals surface area (Å²) < 4.78 is 19.1. The van der Waals surface area contributed by atoms with E-state index in [9.17, 15) is 14.4 Å². The molecule has 0 radical (unpaired) electrons. The summed E-state index contributed by atoms with van der Waals surface area (Å²) in [7, 11) is 0. The Kier molecular flexibility index (Phi) is 14.4. The lowest BCUT2D eigenvalue weighted by Crippen LogP contribution is -2.58. The van der Waals surface area contributed by atoms with Gasteiger partial charge in [0, 0.05) is 52.0 Å². The van der Waals surface area contributed by atoms with E-state index in [0.717, 1.165) is 77.1 Å². The molecule has 16 heteroatoms. The fourth-order valence-corrected chi connectivity index (χ4v) is 8.51. The smallest absolute Gasteiger partial charge is 0.246 e. The standard InChI is InChI=1S/C44H57N9O6S/c1-31-39(60-30-46-31)33-13-11-32(12-14-33)28-45-41(55)36-10-7-16-52(36)42(56)40(44(2,3)4)49-38(54)29-59-27-26-58-25-24-57-23-22-50-18-20-51(21-19-50)37-15-17-53-35-9-6-5-8-34(35)47-43(53)48-37/h5-6,8-9,11-15,17,30,36,40H,7,10,16,18-29H2,1-4H3,(H,45,55)(H,49,54). The minimum absolute atomic E-state index is 0.196. The Bertz CT molecular complexity index is 2210. The lowest BCUT2D eigenvalue weighted by molar-refractivity contribution is -0.144. The number of likely N-dealkylation sites (tertiary alicyclic amines) is 1. The Morgan fingerprint density at radius 1 is 0.883 bits per heavy atom. The number of ether oxygens (including phenoxy) is 3. The summed E-state index contributed by atoms with van der Waals surface area (Å²) in [6.45, 7) is 14.8. The Labute approximate surface area is 355 Å². The van der Waals surface area contributed by atoms with E-state index in [-0.39, 0.29) is 25.0 Å². The summed E-state index contributed by atoms with van der Waals surface area (Å²) in [5.41, 5.74) is 6.31. The molecule has 5 aromatic rings. The minimum atomic E-state index is -0.821. The number of imidazole rings is 1. The van der Waals surface area contributed by atoms with Crippen LogP contribution in [0, 0.1) is 12.3 Å². The van der Waals surface area contributed by atoms with Crippen molar-refractivity contribution in [1.29, 1.82) is 0 Å². The molecule has 2 unspecified atom stereocenters. The number of thiazole rings is 1. The zero-order chi connectivity index (χ0) is 42.1. The third-order valence-corrected chi connectivity index (χ3v) is 12.1. The van der Waals surface area contributed by atoms with Crippen LogP contribution in [0.4, 0.5) is 5.82 Å². The van der Waals surface area contributed by atoms with Crippen LogP contribution in [-0.4, -0.2) is 138 Å². The highest BCUT2D eigenvalue weighted by Crippen LogP contribution is 2.28. The highest BCUT2D eigenvalue weighted by atomic mass is 32.1. The number of nitrogens with one attached hydrogen (secondary N) is 2. The van der Waals surface area contributed by atoms with Gasteiger partial charge in [-0.15, -0.1) is 11.3 Å². The molecular weight excluding hydrogens is 783 g/mol. The topological polar surface area (TPSA) is 156 Å². The first-order chi connectivity index (χ1) is 29.0. The normalized spacial score (nSPS) is 16.8. The monoisotopic (exact) mass is 839 g/mol. The molecule has 0 saturated carbocycles. The third-order valence-electron chi connectivity index (χ3n) is 11.1. The van der Waals surface area contributed by atoms with E-state index < -0.39 is 23.4 Å². The summed E-state index contributed by atoms with van der Waals surface area (Å²) in [5, 5.41) is 5.90. The molecule has 2 atom stereocenters. The number of aromatic nitrogens is 4. The molecule has 2 aromatic carbocycles. The van der Waals surface area contributed by atoms with E-state index in [2.05, 4.69) is 42.5 Å². The van der Waals surface area contributed by atoms with Crippen molar-refractivity contribution in [2.45, 2.75) is 59.2 Å². The number of nitrogens with zero attached hydrogens (tertiary/aromatic N) is 7. The van der Waals surface area contributed by atoms with Gasteiger partial charge in [0.25, 0.3) is 0 Å². The summed E-state index contributed by atoms with van der Waals surface area (Å²) >= 11 is 1.60. The molecule has 2 aliphatic rings. The first-order valence-corrected chi connectivity index (χ1v) is 21.7. The summed E-state index contributed by atoms with van der Waals surface area (Å²) in [6, 6.07) is 16.8. The average Bonchev–Trinajstić information content (AvgIpc) is 4.01. The maximum Gasteiger partial charge on any atom is 0.246 e. The maximum absolute atomic E-state index is 13.9. The van der Waals surface area contributed by atoms with Crippen molar-refractivity contribution in [3.8, 4) is 10.4 Å². The Hall–Kier alpha value is -5.00. The first-order valence-electron chi connectivity index (χ1n) is 20.9. The van der Waals surface area contributed by atoms with Crippen molar-refractivity contribution >= 4 is 51.7 Å². The van der Waals surface area contributed by atoms with Gasteiger partial charge < -0.3 is 34.6 Å². The van der Waals surface area contributed by atoms with Gasteiger partial charge in [-0.05, 0) is 54.5 Å². The molecule has 320 valence electrons. The molecule has 2 saturated heterocycles. The van der Waals surface area contributed by atoms with Gasteiger partial charge in [0.05, 0.1) is 60.1 Å². The second-order valence-electron chi connectivity index (χ2n) is 16.4. The van der Waals surface area contributed by atoms with E-state index in [4.69, 9.17) is 19.2 Å². The van der Waals surface area contributed by atoms with Gasteiger partial charge >= 0.3 is 0 Å². The molecule has 2 aliphatic heterocycles. The van der Waals surface area contributed by atoms with E-state index in [0.29, 0.717) is 52.4 Å². The molecule has 5 heterocycles. The van der Waals surface area contributed by atoms with Crippen LogP contribution in [0.3, 0.4) is 0 Å². The van der Waals surface area contributed by atoms with Gasteiger partial charge in [0.2, 0.25) is 23.5 Å². The van der Waals surface area contributed by atoms with Crippen LogP contribution >= 0.6 is 11.3 Å². The summed E-state index contributed by atoms with van der Waals surface area (Å²) in [4.78, 5) is 61.4. The number of piperazine rings is 1. The van der Waals surface area contributed by atoms with E-state index in [1.165, 1.54) is 0 Å². The van der Waals surface area contributed by atoms with Crippen molar-refractivity contribution in [3.05, 3.63) is 77.6 Å². The van der Waals surface area contributed by atoms with Gasteiger partial charge in [-0.3, -0.25) is 23.7 Å². The molecule has 3 aromatic heterocycles. The summed E-state index contributed by atoms with van der Waals surface area (Å²) in [6.07, 6.45) is 3.33. The largest absolute Gasteiger partial charge is 0.378 e. The van der Waals surface area contributed by atoms with Crippen LogP contribution < -0.4 is 15.5 Å². The van der Waals surface area contributed by atoms with E-state index in [1.807, 2.05) is 86.3 Å². The quantitative estimate of drug-likeness (QED) is 0.121. The number of hydrogen-bond acceptors (Lipinski definition) is 12. The molecule has 0 aliphatic carbocycles. The van der Waals surface area contributed by atoms with Crippen LogP contribution in [0.25, 0.3) is 27.3 Å². The average molecular weight is 840 g/mol.